The quantitative estimate of drug-likeness (QED) is 0.657. The Kier molecular flexibility index (Phi) is 2.49. The largest absolute Gasteiger partial charge is 0.399 e. The van der Waals surface area contributed by atoms with Crippen LogP contribution in [-0.2, 0) is 0 Å². The topological polar surface area (TPSA) is 26.0 Å². The van der Waals surface area contributed by atoms with E-state index in [1.165, 1.54) is 12.8 Å². The Morgan fingerprint density at radius 3 is 2.44 bits per heavy atom. The lowest BCUT2D eigenvalue weighted by Crippen LogP contribution is -2.42. The van der Waals surface area contributed by atoms with E-state index in [-0.39, 0.29) is 0 Å². The molecule has 16 heavy (non-hydrogen) atoms. The summed E-state index contributed by atoms with van der Waals surface area (Å²) in [5, 5.41) is 0. The molecule has 2 unspecified atom stereocenters. The first-order valence-electron chi connectivity index (χ1n) is 6.43. The molecule has 0 spiro atoms. The molecule has 0 saturated heterocycles. The fourth-order valence-electron chi connectivity index (χ4n) is 3.68. The molecule has 1 saturated carbocycles. The van der Waals surface area contributed by atoms with E-state index in [9.17, 15) is 0 Å². The van der Waals surface area contributed by atoms with E-state index in [0.29, 0.717) is 22.7 Å². The van der Waals surface area contributed by atoms with E-state index in [1.807, 2.05) is 0 Å². The third-order valence-corrected chi connectivity index (χ3v) is 4.66. The maximum absolute atomic E-state index is 6.03. The number of nitrogens with two attached hydrogens (primary N) is 1. The average molecular weight is 219 g/mol. The van der Waals surface area contributed by atoms with Crippen molar-refractivity contribution < 1.29 is 0 Å². The van der Waals surface area contributed by atoms with Gasteiger partial charge in [0.1, 0.15) is 0 Å². The van der Waals surface area contributed by atoms with Crippen LogP contribution in [0.2, 0.25) is 0 Å². The van der Waals surface area contributed by atoms with Gasteiger partial charge in [-0.15, -0.1) is 0 Å². The van der Waals surface area contributed by atoms with Crippen molar-refractivity contribution in [2.24, 2.45) is 28.4 Å². The van der Waals surface area contributed by atoms with Gasteiger partial charge in [0.2, 0.25) is 0 Å². The van der Waals surface area contributed by atoms with Crippen LogP contribution in [0.3, 0.4) is 0 Å². The van der Waals surface area contributed by atoms with Crippen LogP contribution < -0.4 is 5.73 Å². The predicted molar refractivity (Wildman–Crippen MR) is 69.8 cm³/mol. The molecule has 0 amide bonds. The van der Waals surface area contributed by atoms with Crippen LogP contribution >= 0.6 is 0 Å². The fourth-order valence-corrected chi connectivity index (χ4v) is 3.68. The van der Waals surface area contributed by atoms with Crippen LogP contribution in [0, 0.1) is 22.7 Å². The van der Waals surface area contributed by atoms with Crippen molar-refractivity contribution in [1.82, 2.24) is 0 Å². The van der Waals surface area contributed by atoms with Crippen molar-refractivity contribution in [1.29, 1.82) is 0 Å². The van der Waals surface area contributed by atoms with Gasteiger partial charge in [0.05, 0.1) is 0 Å². The number of fused-ring (bicyclic) bond motifs is 1. The molecule has 0 radical (unpaired) electrons. The van der Waals surface area contributed by atoms with Crippen molar-refractivity contribution in [3.8, 4) is 0 Å². The van der Waals surface area contributed by atoms with Crippen LogP contribution in [-0.4, -0.2) is 0 Å². The standard InChI is InChI=1S/C15H25N/c1-10-8-11(16)9-12-13(10)15(4,5)7-6-14(12,2)3/h8-10,13H,6-7,16H2,1-5H3. The molecule has 0 aromatic carbocycles. The van der Waals surface area contributed by atoms with Crippen LogP contribution in [0.1, 0.15) is 47.5 Å². The van der Waals surface area contributed by atoms with Gasteiger partial charge in [-0.1, -0.05) is 46.3 Å². The van der Waals surface area contributed by atoms with Gasteiger partial charge in [0.25, 0.3) is 0 Å². The Hall–Kier alpha value is -0.720. The molecule has 0 heterocycles. The lowest BCUT2D eigenvalue weighted by atomic mass is 9.53. The third kappa shape index (κ3) is 1.70. The summed E-state index contributed by atoms with van der Waals surface area (Å²) in [6.45, 7) is 11.9. The lowest BCUT2D eigenvalue weighted by Gasteiger charge is -2.51. The van der Waals surface area contributed by atoms with E-state index in [2.05, 4.69) is 46.8 Å². The second-order valence-electron chi connectivity index (χ2n) is 6.98. The van der Waals surface area contributed by atoms with Crippen LogP contribution in [0.15, 0.2) is 23.4 Å². The second-order valence-corrected chi connectivity index (χ2v) is 6.98. The van der Waals surface area contributed by atoms with E-state index >= 15 is 0 Å². The maximum atomic E-state index is 6.03. The highest BCUT2D eigenvalue weighted by atomic mass is 14.6. The van der Waals surface area contributed by atoms with Gasteiger partial charge in [-0.2, -0.15) is 0 Å². The molecule has 1 fully saturated rings. The highest BCUT2D eigenvalue weighted by Crippen LogP contribution is 2.56. The molecule has 1 nitrogen and oxygen atoms in total. The molecule has 0 aliphatic heterocycles. The highest BCUT2D eigenvalue weighted by Gasteiger charge is 2.46. The minimum absolute atomic E-state index is 0.327. The van der Waals surface area contributed by atoms with Gasteiger partial charge in [-0.05, 0) is 41.6 Å². The van der Waals surface area contributed by atoms with E-state index in [0.717, 1.165) is 5.70 Å². The molecule has 90 valence electrons. The molecule has 1 heteroatoms. The molecule has 0 aromatic heterocycles. The fraction of sp³-hybridized carbons (Fsp3) is 0.733. The summed E-state index contributed by atoms with van der Waals surface area (Å²) in [6, 6.07) is 0. The van der Waals surface area contributed by atoms with Gasteiger partial charge in [0.15, 0.2) is 0 Å². The van der Waals surface area contributed by atoms with Gasteiger partial charge < -0.3 is 5.73 Å². The maximum Gasteiger partial charge on any atom is 0.0276 e. The Morgan fingerprint density at radius 1 is 1.19 bits per heavy atom. The summed E-state index contributed by atoms with van der Waals surface area (Å²) in [4.78, 5) is 0. The highest BCUT2D eigenvalue weighted by molar-refractivity contribution is 5.35. The van der Waals surface area contributed by atoms with Crippen molar-refractivity contribution in [2.75, 3.05) is 0 Å². The summed E-state index contributed by atoms with van der Waals surface area (Å²) < 4.78 is 0. The van der Waals surface area contributed by atoms with Crippen molar-refractivity contribution in [3.63, 3.8) is 0 Å². The normalized spacial score (nSPS) is 36.1. The van der Waals surface area contributed by atoms with Crippen molar-refractivity contribution in [3.05, 3.63) is 23.4 Å². The molecule has 0 aromatic rings. The van der Waals surface area contributed by atoms with Gasteiger partial charge in [-0.3, -0.25) is 0 Å². The lowest BCUT2D eigenvalue weighted by molar-refractivity contribution is 0.0966. The molecule has 2 N–H and O–H groups in total. The molecule has 2 aliphatic carbocycles. The van der Waals surface area contributed by atoms with Crippen LogP contribution in [0.25, 0.3) is 0 Å². The second kappa shape index (κ2) is 3.38. The minimum atomic E-state index is 0.327. The zero-order valence-electron chi connectivity index (χ0n) is 11.3. The van der Waals surface area contributed by atoms with Gasteiger partial charge in [-0.25, -0.2) is 0 Å². The first-order chi connectivity index (χ1) is 7.24. The first-order valence-corrected chi connectivity index (χ1v) is 6.43. The Bertz CT molecular complexity index is 358. The van der Waals surface area contributed by atoms with E-state index in [1.54, 1.807) is 5.57 Å². The molecular weight excluding hydrogens is 194 g/mol. The molecule has 2 rings (SSSR count). The van der Waals surface area contributed by atoms with Gasteiger partial charge >= 0.3 is 0 Å². The first kappa shape index (κ1) is 11.8. The summed E-state index contributed by atoms with van der Waals surface area (Å²) >= 11 is 0. The van der Waals surface area contributed by atoms with E-state index < -0.39 is 0 Å². The summed E-state index contributed by atoms with van der Waals surface area (Å²) in [6.07, 6.45) is 7.07. The molecule has 2 atom stereocenters. The van der Waals surface area contributed by atoms with Gasteiger partial charge in [0, 0.05) is 5.70 Å². The Labute approximate surface area is 99.8 Å². The number of rotatable bonds is 0. The smallest absolute Gasteiger partial charge is 0.0276 e. The minimum Gasteiger partial charge on any atom is -0.399 e. The summed E-state index contributed by atoms with van der Waals surface area (Å²) in [7, 11) is 0. The molecular formula is C15H25N. The zero-order chi connectivity index (χ0) is 12.1. The summed E-state index contributed by atoms with van der Waals surface area (Å²) in [5.41, 5.74) is 9.31. The van der Waals surface area contributed by atoms with Crippen LogP contribution in [0.5, 0.6) is 0 Å². The third-order valence-electron chi connectivity index (χ3n) is 4.66. The summed E-state index contributed by atoms with van der Waals surface area (Å²) in [5.74, 6) is 1.25. The SMILES string of the molecule is CC1C=C(N)C=C2C1C(C)(C)CCC2(C)C. The Balaban J connectivity index is 2.48. The monoisotopic (exact) mass is 219 g/mol. The molecule has 2 aliphatic rings. The zero-order valence-corrected chi connectivity index (χ0v) is 11.3. The van der Waals surface area contributed by atoms with E-state index in [4.69, 9.17) is 5.73 Å². The average Bonchev–Trinajstić information content (AvgIpc) is 2.11. The Morgan fingerprint density at radius 2 is 1.81 bits per heavy atom. The number of allylic oxidation sites excluding steroid dienone is 3. The predicted octanol–water partition coefficient (Wildman–Crippen LogP) is 3.87. The van der Waals surface area contributed by atoms with Crippen molar-refractivity contribution >= 4 is 0 Å². The molecule has 0 bridgehead atoms. The number of hydrogen-bond donors (Lipinski definition) is 1. The van der Waals surface area contributed by atoms with Crippen LogP contribution in [0.4, 0.5) is 0 Å². The van der Waals surface area contributed by atoms with Crippen molar-refractivity contribution in [2.45, 2.75) is 47.5 Å². The number of hydrogen-bond acceptors (Lipinski definition) is 1.